The van der Waals surface area contributed by atoms with Crippen LogP contribution in [0.15, 0.2) is 48.5 Å². The van der Waals surface area contributed by atoms with E-state index in [2.05, 4.69) is 46.3 Å². The fourth-order valence-corrected chi connectivity index (χ4v) is 3.41. The van der Waals surface area contributed by atoms with Crippen LogP contribution < -0.4 is 19.7 Å². The number of nitrogens with zero attached hydrogens (tertiary/aromatic N) is 2. The van der Waals surface area contributed by atoms with Crippen LogP contribution in [-0.4, -0.2) is 63.8 Å². The zero-order valence-corrected chi connectivity index (χ0v) is 16.7. The number of benzene rings is 2. The predicted molar refractivity (Wildman–Crippen MR) is 111 cm³/mol. The molecule has 1 heterocycles. The average molecular weight is 383 g/mol. The molecular formula is C22H29N3O3. The number of piperazine rings is 1. The van der Waals surface area contributed by atoms with Gasteiger partial charge in [-0.05, 0) is 30.7 Å². The number of carbonyl (C=O) groups is 1. The Morgan fingerprint density at radius 3 is 2.39 bits per heavy atom. The summed E-state index contributed by atoms with van der Waals surface area (Å²) in [6.07, 6.45) is 0. The van der Waals surface area contributed by atoms with Crippen LogP contribution in [0.3, 0.4) is 0 Å². The highest BCUT2D eigenvalue weighted by Gasteiger charge is 2.19. The monoisotopic (exact) mass is 383 g/mol. The predicted octanol–water partition coefficient (Wildman–Crippen LogP) is 2.32. The largest absolute Gasteiger partial charge is 0.493 e. The van der Waals surface area contributed by atoms with Gasteiger partial charge in [-0.25, -0.2) is 0 Å². The number of amides is 1. The number of nitrogens with one attached hydrogen (secondary N) is 1. The maximum Gasteiger partial charge on any atom is 0.234 e. The highest BCUT2D eigenvalue weighted by molar-refractivity contribution is 5.78. The molecule has 28 heavy (non-hydrogen) atoms. The standard InChI is InChI=1S/C22H29N3O3/c1-18-7-3-4-8-19(18)25-14-12-24(13-15-25)17-22(26)23-11-16-28-21-10-6-5-9-20(21)27-2/h3-10H,11-17H2,1-2H3,(H,23,26). The molecule has 1 amide bonds. The first kappa shape index (κ1) is 20.0. The van der Waals surface area contributed by atoms with Crippen molar-refractivity contribution >= 4 is 11.6 Å². The summed E-state index contributed by atoms with van der Waals surface area (Å²) >= 11 is 0. The zero-order valence-electron chi connectivity index (χ0n) is 16.7. The lowest BCUT2D eigenvalue weighted by atomic mass is 10.1. The fourth-order valence-electron chi connectivity index (χ4n) is 3.41. The van der Waals surface area contributed by atoms with Crippen molar-refractivity contribution in [2.45, 2.75) is 6.92 Å². The van der Waals surface area contributed by atoms with Crippen molar-refractivity contribution in [2.24, 2.45) is 0 Å². The topological polar surface area (TPSA) is 54.0 Å². The molecule has 2 aromatic carbocycles. The minimum absolute atomic E-state index is 0.0352. The van der Waals surface area contributed by atoms with E-state index in [4.69, 9.17) is 9.47 Å². The van der Waals surface area contributed by atoms with E-state index < -0.39 is 0 Å². The molecule has 1 aliphatic heterocycles. The molecule has 1 N–H and O–H groups in total. The van der Waals surface area contributed by atoms with Crippen LogP contribution in [0, 0.1) is 6.92 Å². The van der Waals surface area contributed by atoms with Crippen LogP contribution in [0.1, 0.15) is 5.56 Å². The summed E-state index contributed by atoms with van der Waals surface area (Å²) < 4.78 is 10.9. The van der Waals surface area contributed by atoms with Gasteiger partial charge < -0.3 is 19.7 Å². The third-order valence-electron chi connectivity index (χ3n) is 4.95. The van der Waals surface area contributed by atoms with Gasteiger partial charge in [0.25, 0.3) is 0 Å². The molecule has 1 aliphatic rings. The first-order chi connectivity index (χ1) is 13.7. The molecule has 1 saturated heterocycles. The Morgan fingerprint density at radius 2 is 1.68 bits per heavy atom. The summed E-state index contributed by atoms with van der Waals surface area (Å²) in [5.41, 5.74) is 2.59. The van der Waals surface area contributed by atoms with Crippen molar-refractivity contribution in [1.82, 2.24) is 10.2 Å². The minimum Gasteiger partial charge on any atom is -0.493 e. The lowest BCUT2D eigenvalue weighted by molar-refractivity contribution is -0.122. The molecule has 1 fully saturated rings. The molecule has 150 valence electrons. The number of anilines is 1. The highest BCUT2D eigenvalue weighted by atomic mass is 16.5. The van der Waals surface area contributed by atoms with Gasteiger partial charge in [-0.15, -0.1) is 0 Å². The van der Waals surface area contributed by atoms with Crippen LogP contribution in [0.25, 0.3) is 0 Å². The van der Waals surface area contributed by atoms with Crippen LogP contribution >= 0.6 is 0 Å². The van der Waals surface area contributed by atoms with Crippen LogP contribution in [0.2, 0.25) is 0 Å². The number of rotatable bonds is 8. The van der Waals surface area contributed by atoms with E-state index in [1.807, 2.05) is 24.3 Å². The second-order valence-electron chi connectivity index (χ2n) is 6.90. The Bertz CT molecular complexity index is 773. The van der Waals surface area contributed by atoms with E-state index in [1.165, 1.54) is 11.3 Å². The number of para-hydroxylation sites is 3. The summed E-state index contributed by atoms with van der Waals surface area (Å²) in [5, 5.41) is 2.93. The lowest BCUT2D eigenvalue weighted by Gasteiger charge is -2.36. The number of ether oxygens (including phenoxy) is 2. The molecule has 0 unspecified atom stereocenters. The molecule has 6 nitrogen and oxygen atoms in total. The lowest BCUT2D eigenvalue weighted by Crippen LogP contribution is -2.50. The molecule has 0 aliphatic carbocycles. The van der Waals surface area contributed by atoms with E-state index in [1.54, 1.807) is 7.11 Å². The van der Waals surface area contributed by atoms with Gasteiger partial charge >= 0.3 is 0 Å². The smallest absolute Gasteiger partial charge is 0.234 e. The molecule has 0 aromatic heterocycles. The van der Waals surface area contributed by atoms with E-state index in [0.717, 1.165) is 26.2 Å². The van der Waals surface area contributed by atoms with Gasteiger partial charge in [-0.3, -0.25) is 9.69 Å². The van der Waals surface area contributed by atoms with E-state index in [-0.39, 0.29) is 5.91 Å². The molecule has 0 bridgehead atoms. The number of methoxy groups -OCH3 is 1. The Hall–Kier alpha value is -2.73. The summed E-state index contributed by atoms with van der Waals surface area (Å²) in [7, 11) is 1.61. The van der Waals surface area contributed by atoms with Gasteiger partial charge in [0.2, 0.25) is 5.91 Å². The molecule has 3 rings (SSSR count). The molecule has 0 atom stereocenters. The molecule has 2 aromatic rings. The maximum absolute atomic E-state index is 12.2. The van der Waals surface area contributed by atoms with Gasteiger partial charge in [0.1, 0.15) is 6.61 Å². The second kappa shape index (κ2) is 9.99. The Morgan fingerprint density at radius 1 is 1.00 bits per heavy atom. The average Bonchev–Trinajstić information content (AvgIpc) is 2.72. The Balaban J connectivity index is 1.35. The van der Waals surface area contributed by atoms with Gasteiger partial charge in [0.05, 0.1) is 20.2 Å². The zero-order chi connectivity index (χ0) is 19.8. The van der Waals surface area contributed by atoms with Crippen LogP contribution in [0.5, 0.6) is 11.5 Å². The first-order valence-electron chi connectivity index (χ1n) is 9.73. The summed E-state index contributed by atoms with van der Waals surface area (Å²) in [4.78, 5) is 16.8. The third kappa shape index (κ3) is 5.39. The summed E-state index contributed by atoms with van der Waals surface area (Å²) in [6.45, 7) is 7.11. The number of hydrogen-bond donors (Lipinski definition) is 1. The van der Waals surface area contributed by atoms with Crippen molar-refractivity contribution < 1.29 is 14.3 Å². The van der Waals surface area contributed by atoms with Gasteiger partial charge in [-0.2, -0.15) is 0 Å². The van der Waals surface area contributed by atoms with Crippen LogP contribution in [0.4, 0.5) is 5.69 Å². The maximum atomic E-state index is 12.2. The Labute approximate surface area is 167 Å². The van der Waals surface area contributed by atoms with Crippen molar-refractivity contribution in [3.8, 4) is 11.5 Å². The summed E-state index contributed by atoms with van der Waals surface area (Å²) in [5.74, 6) is 1.42. The number of aryl methyl sites for hydroxylation is 1. The van der Waals surface area contributed by atoms with Gasteiger partial charge in [0.15, 0.2) is 11.5 Å². The Kier molecular flexibility index (Phi) is 7.14. The van der Waals surface area contributed by atoms with Gasteiger partial charge in [-0.1, -0.05) is 30.3 Å². The van der Waals surface area contributed by atoms with Crippen molar-refractivity contribution in [1.29, 1.82) is 0 Å². The van der Waals surface area contributed by atoms with Gasteiger partial charge in [0, 0.05) is 31.9 Å². The third-order valence-corrected chi connectivity index (χ3v) is 4.95. The summed E-state index contributed by atoms with van der Waals surface area (Å²) in [6, 6.07) is 16.0. The highest BCUT2D eigenvalue weighted by Crippen LogP contribution is 2.25. The SMILES string of the molecule is COc1ccccc1OCCNC(=O)CN1CCN(c2ccccc2C)CC1. The fraction of sp³-hybridized carbons (Fsp3) is 0.409. The molecule has 0 radical (unpaired) electrons. The first-order valence-corrected chi connectivity index (χ1v) is 9.73. The minimum atomic E-state index is 0.0352. The van der Waals surface area contributed by atoms with Crippen molar-refractivity contribution in [3.63, 3.8) is 0 Å². The molecule has 0 spiro atoms. The van der Waals surface area contributed by atoms with Crippen molar-refractivity contribution in [3.05, 3.63) is 54.1 Å². The number of carbonyl (C=O) groups excluding carboxylic acids is 1. The van der Waals surface area contributed by atoms with Crippen molar-refractivity contribution in [2.75, 3.05) is 57.9 Å². The second-order valence-corrected chi connectivity index (χ2v) is 6.90. The van der Waals surface area contributed by atoms with E-state index >= 15 is 0 Å². The van der Waals surface area contributed by atoms with Crippen LogP contribution in [-0.2, 0) is 4.79 Å². The van der Waals surface area contributed by atoms with E-state index in [9.17, 15) is 4.79 Å². The number of hydrogen-bond acceptors (Lipinski definition) is 5. The van der Waals surface area contributed by atoms with E-state index in [0.29, 0.717) is 31.2 Å². The normalized spacial score (nSPS) is 14.6. The quantitative estimate of drug-likeness (QED) is 0.709. The molecular weight excluding hydrogens is 354 g/mol. The molecule has 6 heteroatoms. The molecule has 0 saturated carbocycles.